The molecule has 0 saturated carbocycles. The first-order valence-corrected chi connectivity index (χ1v) is 9.49. The summed E-state index contributed by atoms with van der Waals surface area (Å²) in [5.41, 5.74) is 2.38. The number of halogens is 1. The van der Waals surface area contributed by atoms with Gasteiger partial charge in [0.05, 0.1) is 12.8 Å². The molecule has 4 rings (SSSR count). The summed E-state index contributed by atoms with van der Waals surface area (Å²) in [6, 6.07) is 13.0. The molecule has 28 heavy (non-hydrogen) atoms. The van der Waals surface area contributed by atoms with Crippen molar-refractivity contribution < 1.29 is 4.74 Å². The van der Waals surface area contributed by atoms with E-state index < -0.39 is 0 Å². The van der Waals surface area contributed by atoms with Crippen LogP contribution in [0.3, 0.4) is 0 Å². The molecule has 0 aliphatic heterocycles. The summed E-state index contributed by atoms with van der Waals surface area (Å²) >= 11 is 6.05. The van der Waals surface area contributed by atoms with Gasteiger partial charge in [-0.1, -0.05) is 24.9 Å². The van der Waals surface area contributed by atoms with Crippen LogP contribution >= 0.6 is 11.6 Å². The number of nitrogens with zero attached hydrogens (tertiary/aromatic N) is 3. The van der Waals surface area contributed by atoms with Crippen molar-refractivity contribution in [3.05, 3.63) is 69.7 Å². The number of fused-ring (bicyclic) bond motifs is 3. The zero-order chi connectivity index (χ0) is 19.5. The predicted molar refractivity (Wildman–Crippen MR) is 113 cm³/mol. The second-order valence-electron chi connectivity index (χ2n) is 6.45. The highest BCUT2D eigenvalue weighted by molar-refractivity contribution is 6.31. The lowest BCUT2D eigenvalue weighted by Gasteiger charge is -2.04. The van der Waals surface area contributed by atoms with Crippen LogP contribution in [0.15, 0.2) is 58.7 Å². The fourth-order valence-electron chi connectivity index (χ4n) is 2.91. The van der Waals surface area contributed by atoms with Gasteiger partial charge in [0.15, 0.2) is 0 Å². The monoisotopic (exact) mass is 394 g/mol. The quantitative estimate of drug-likeness (QED) is 0.384. The maximum atomic E-state index is 12.7. The molecule has 0 aliphatic carbocycles. The number of nitrogens with one attached hydrogen (secondary N) is 1. The highest BCUT2D eigenvalue weighted by atomic mass is 35.5. The van der Waals surface area contributed by atoms with Gasteiger partial charge in [-0.2, -0.15) is 9.78 Å². The average Bonchev–Trinajstić information content (AvgIpc) is 3.07. The Balaban J connectivity index is 1.60. The Labute approximate surface area is 166 Å². The van der Waals surface area contributed by atoms with E-state index in [9.17, 15) is 4.79 Å². The van der Waals surface area contributed by atoms with Crippen molar-refractivity contribution in [1.29, 1.82) is 0 Å². The van der Waals surface area contributed by atoms with E-state index >= 15 is 0 Å². The van der Waals surface area contributed by atoms with Crippen LogP contribution in [-0.2, 0) is 0 Å². The summed E-state index contributed by atoms with van der Waals surface area (Å²) in [4.78, 5) is 20.2. The SMILES string of the molecule is CCCCOc1ccc(/C=N\n2cnc3c([nH]c4ccc(Cl)cc43)c2=O)cc1. The first-order chi connectivity index (χ1) is 13.7. The van der Waals surface area contributed by atoms with E-state index in [1.54, 1.807) is 18.3 Å². The first-order valence-electron chi connectivity index (χ1n) is 9.11. The van der Waals surface area contributed by atoms with Crippen LogP contribution < -0.4 is 10.3 Å². The Bertz CT molecular complexity index is 1210. The number of ether oxygens (including phenoxy) is 1. The summed E-state index contributed by atoms with van der Waals surface area (Å²) < 4.78 is 6.86. The number of aromatic nitrogens is 3. The van der Waals surface area contributed by atoms with Gasteiger partial charge in [-0.15, -0.1) is 0 Å². The fraction of sp³-hybridized carbons (Fsp3) is 0.190. The zero-order valence-corrected chi connectivity index (χ0v) is 16.1. The van der Waals surface area contributed by atoms with Gasteiger partial charge in [-0.3, -0.25) is 4.79 Å². The highest BCUT2D eigenvalue weighted by Gasteiger charge is 2.10. The largest absolute Gasteiger partial charge is 0.494 e. The second kappa shape index (κ2) is 7.86. The number of hydrogen-bond donors (Lipinski definition) is 1. The van der Waals surface area contributed by atoms with E-state index in [1.807, 2.05) is 30.3 Å². The van der Waals surface area contributed by atoms with E-state index in [4.69, 9.17) is 16.3 Å². The van der Waals surface area contributed by atoms with Gasteiger partial charge >= 0.3 is 0 Å². The van der Waals surface area contributed by atoms with Gasteiger partial charge in [0.2, 0.25) is 0 Å². The third kappa shape index (κ3) is 3.64. The molecule has 0 aliphatic rings. The normalized spacial score (nSPS) is 11.6. The number of H-pyrrole nitrogens is 1. The summed E-state index contributed by atoms with van der Waals surface area (Å²) in [6.45, 7) is 2.84. The second-order valence-corrected chi connectivity index (χ2v) is 6.88. The first kappa shape index (κ1) is 18.3. The van der Waals surface area contributed by atoms with Crippen LogP contribution in [0.1, 0.15) is 25.3 Å². The molecular formula is C21H19ClN4O2. The van der Waals surface area contributed by atoms with E-state index in [1.165, 1.54) is 11.0 Å². The van der Waals surface area contributed by atoms with Crippen LogP contribution in [0.5, 0.6) is 5.75 Å². The van der Waals surface area contributed by atoms with Crippen LogP contribution in [0, 0.1) is 0 Å². The molecule has 0 radical (unpaired) electrons. The molecule has 0 amide bonds. The predicted octanol–water partition coefficient (Wildman–Crippen LogP) is 4.59. The Morgan fingerprint density at radius 1 is 1.25 bits per heavy atom. The molecule has 0 fully saturated rings. The number of hydrogen-bond acceptors (Lipinski definition) is 4. The minimum Gasteiger partial charge on any atom is -0.494 e. The molecule has 0 saturated heterocycles. The van der Waals surface area contributed by atoms with E-state index in [2.05, 4.69) is 22.0 Å². The zero-order valence-electron chi connectivity index (χ0n) is 15.4. The Hall–Kier alpha value is -3.12. The van der Waals surface area contributed by atoms with Crippen molar-refractivity contribution in [3.63, 3.8) is 0 Å². The highest BCUT2D eigenvalue weighted by Crippen LogP contribution is 2.24. The molecule has 0 bridgehead atoms. The summed E-state index contributed by atoms with van der Waals surface area (Å²) in [5.74, 6) is 0.822. The smallest absolute Gasteiger partial charge is 0.298 e. The number of benzene rings is 2. The maximum absolute atomic E-state index is 12.7. The van der Waals surface area contributed by atoms with E-state index in [-0.39, 0.29) is 5.56 Å². The summed E-state index contributed by atoms with van der Waals surface area (Å²) in [6.07, 6.45) is 5.16. The lowest BCUT2D eigenvalue weighted by molar-refractivity contribution is 0.309. The van der Waals surface area contributed by atoms with Crippen molar-refractivity contribution >= 4 is 39.8 Å². The minimum atomic E-state index is -0.270. The Kier molecular flexibility index (Phi) is 5.12. The van der Waals surface area contributed by atoms with Crippen molar-refractivity contribution in [2.75, 3.05) is 6.61 Å². The molecule has 4 aromatic rings. The van der Waals surface area contributed by atoms with Gasteiger partial charge in [0, 0.05) is 15.9 Å². The lowest BCUT2D eigenvalue weighted by atomic mass is 10.2. The molecule has 2 aromatic carbocycles. The van der Waals surface area contributed by atoms with E-state index in [0.717, 1.165) is 35.1 Å². The Morgan fingerprint density at radius 2 is 2.07 bits per heavy atom. The molecule has 6 nitrogen and oxygen atoms in total. The number of rotatable bonds is 6. The van der Waals surface area contributed by atoms with Crippen LogP contribution in [0.25, 0.3) is 21.9 Å². The van der Waals surface area contributed by atoms with Gasteiger partial charge < -0.3 is 9.72 Å². The lowest BCUT2D eigenvalue weighted by Crippen LogP contribution is -2.17. The van der Waals surface area contributed by atoms with Crippen molar-refractivity contribution in [2.45, 2.75) is 19.8 Å². The van der Waals surface area contributed by atoms with Gasteiger partial charge in [0.25, 0.3) is 5.56 Å². The average molecular weight is 395 g/mol. The third-order valence-electron chi connectivity index (χ3n) is 4.43. The summed E-state index contributed by atoms with van der Waals surface area (Å²) in [7, 11) is 0. The standard InChI is InChI=1S/C21H19ClN4O2/c1-2-3-10-28-16-7-4-14(5-8-16)12-24-26-13-23-19-17-11-15(22)6-9-18(17)25-20(19)21(26)27/h4-9,11-13,25H,2-3,10H2,1H3/b24-12-. The molecule has 2 aromatic heterocycles. The maximum Gasteiger partial charge on any atom is 0.298 e. The molecule has 0 unspecified atom stereocenters. The molecular weight excluding hydrogens is 376 g/mol. The fourth-order valence-corrected chi connectivity index (χ4v) is 3.09. The van der Waals surface area contributed by atoms with Crippen molar-refractivity contribution in [3.8, 4) is 5.75 Å². The molecule has 0 spiro atoms. The molecule has 0 atom stereocenters. The van der Waals surface area contributed by atoms with Gasteiger partial charge in [-0.25, -0.2) is 4.98 Å². The van der Waals surface area contributed by atoms with Crippen LogP contribution in [0.2, 0.25) is 5.02 Å². The number of unbranched alkanes of at least 4 members (excludes halogenated alkanes) is 1. The van der Waals surface area contributed by atoms with E-state index in [0.29, 0.717) is 22.7 Å². The van der Waals surface area contributed by atoms with Crippen LogP contribution in [-0.4, -0.2) is 27.5 Å². The van der Waals surface area contributed by atoms with Crippen LogP contribution in [0.4, 0.5) is 0 Å². The van der Waals surface area contributed by atoms with Gasteiger partial charge in [0.1, 0.15) is 23.1 Å². The topological polar surface area (TPSA) is 72.3 Å². The third-order valence-corrected chi connectivity index (χ3v) is 4.66. The Morgan fingerprint density at radius 3 is 2.86 bits per heavy atom. The molecule has 142 valence electrons. The summed E-state index contributed by atoms with van der Waals surface area (Å²) in [5, 5.41) is 5.66. The van der Waals surface area contributed by atoms with Crippen molar-refractivity contribution in [2.24, 2.45) is 5.10 Å². The van der Waals surface area contributed by atoms with Gasteiger partial charge in [-0.05, 0) is 54.4 Å². The minimum absolute atomic E-state index is 0.270. The molecule has 1 N–H and O–H groups in total. The molecule has 7 heteroatoms. The number of aromatic amines is 1. The van der Waals surface area contributed by atoms with Crippen molar-refractivity contribution in [1.82, 2.24) is 14.6 Å². The molecule has 2 heterocycles.